The molecule has 3 N–H and O–H groups in total. The van der Waals surface area contributed by atoms with Crippen molar-refractivity contribution in [1.82, 2.24) is 5.32 Å². The second-order valence-electron chi connectivity index (χ2n) is 6.98. The summed E-state index contributed by atoms with van der Waals surface area (Å²) in [5, 5.41) is 8.61. The van der Waals surface area contributed by atoms with Crippen LogP contribution in [-0.2, 0) is 16.0 Å². The Labute approximate surface area is 187 Å². The summed E-state index contributed by atoms with van der Waals surface area (Å²) in [4.78, 5) is 24.3. The highest BCUT2D eigenvalue weighted by Crippen LogP contribution is 2.15. The summed E-state index contributed by atoms with van der Waals surface area (Å²) < 4.78 is 0. The van der Waals surface area contributed by atoms with E-state index in [9.17, 15) is 9.59 Å². The lowest BCUT2D eigenvalue weighted by atomic mass is 10.1. The minimum atomic E-state index is -0.328. The van der Waals surface area contributed by atoms with Gasteiger partial charge in [-0.25, -0.2) is 0 Å². The predicted octanol–water partition coefficient (Wildman–Crippen LogP) is 4.70. The minimum Gasteiger partial charge on any atom is -0.332 e. The quantitative estimate of drug-likeness (QED) is 0.392. The van der Waals surface area contributed by atoms with Crippen LogP contribution >= 0.6 is 12.2 Å². The van der Waals surface area contributed by atoms with Gasteiger partial charge in [-0.2, -0.15) is 0 Å². The van der Waals surface area contributed by atoms with Crippen LogP contribution in [0.2, 0.25) is 0 Å². The highest BCUT2D eigenvalue weighted by atomic mass is 32.1. The van der Waals surface area contributed by atoms with E-state index in [1.807, 2.05) is 61.5 Å². The van der Waals surface area contributed by atoms with Crippen LogP contribution in [0.15, 0.2) is 84.9 Å². The van der Waals surface area contributed by atoms with Crippen molar-refractivity contribution < 1.29 is 9.59 Å². The first-order valence-electron chi connectivity index (χ1n) is 9.78. The topological polar surface area (TPSA) is 70.2 Å². The summed E-state index contributed by atoms with van der Waals surface area (Å²) in [5.41, 5.74) is 4.32. The van der Waals surface area contributed by atoms with Crippen LogP contribution in [-0.4, -0.2) is 16.9 Å². The van der Waals surface area contributed by atoms with E-state index < -0.39 is 0 Å². The Morgan fingerprint density at radius 3 is 2.26 bits per heavy atom. The van der Waals surface area contributed by atoms with Crippen LogP contribution in [0, 0.1) is 6.92 Å². The van der Waals surface area contributed by atoms with Crippen molar-refractivity contribution in [2.24, 2.45) is 0 Å². The zero-order chi connectivity index (χ0) is 22.1. The minimum absolute atomic E-state index is 0.111. The molecule has 0 spiro atoms. The summed E-state index contributed by atoms with van der Waals surface area (Å²) in [7, 11) is 0. The molecule has 0 bridgehead atoms. The smallest absolute Gasteiger partial charge is 0.250 e. The van der Waals surface area contributed by atoms with Crippen molar-refractivity contribution in [1.29, 1.82) is 0 Å². The van der Waals surface area contributed by atoms with E-state index >= 15 is 0 Å². The summed E-state index contributed by atoms with van der Waals surface area (Å²) >= 11 is 5.21. The fraction of sp³-hybridized carbons (Fsp3) is 0.0800. The first kappa shape index (κ1) is 21.9. The van der Waals surface area contributed by atoms with Gasteiger partial charge in [-0.3, -0.25) is 14.9 Å². The fourth-order valence-electron chi connectivity index (χ4n) is 2.83. The Morgan fingerprint density at radius 2 is 1.55 bits per heavy atom. The van der Waals surface area contributed by atoms with Gasteiger partial charge in [0.2, 0.25) is 11.8 Å². The van der Waals surface area contributed by atoms with E-state index in [-0.39, 0.29) is 16.9 Å². The third-order valence-electron chi connectivity index (χ3n) is 4.35. The van der Waals surface area contributed by atoms with Crippen molar-refractivity contribution in [3.63, 3.8) is 0 Å². The Hall–Kier alpha value is -3.77. The molecule has 0 radical (unpaired) electrons. The van der Waals surface area contributed by atoms with Crippen LogP contribution in [0.25, 0.3) is 6.08 Å². The maximum absolute atomic E-state index is 12.2. The Balaban J connectivity index is 1.51. The molecule has 0 saturated heterocycles. The molecule has 0 aromatic heterocycles. The number of hydrogen-bond donors (Lipinski definition) is 3. The molecule has 0 heterocycles. The van der Waals surface area contributed by atoms with Crippen molar-refractivity contribution in [3.05, 3.63) is 102 Å². The van der Waals surface area contributed by atoms with Gasteiger partial charge in [0.05, 0.1) is 6.42 Å². The van der Waals surface area contributed by atoms with Gasteiger partial charge in [0.1, 0.15) is 0 Å². The second-order valence-corrected chi connectivity index (χ2v) is 7.39. The molecule has 31 heavy (non-hydrogen) atoms. The Morgan fingerprint density at radius 1 is 0.871 bits per heavy atom. The van der Waals surface area contributed by atoms with Gasteiger partial charge in [-0.1, -0.05) is 66.2 Å². The Kier molecular flexibility index (Phi) is 7.67. The lowest BCUT2D eigenvalue weighted by Crippen LogP contribution is -2.32. The van der Waals surface area contributed by atoms with Crippen LogP contribution < -0.4 is 16.0 Å². The molecule has 0 atom stereocenters. The highest BCUT2D eigenvalue weighted by Gasteiger charge is 2.06. The zero-order valence-electron chi connectivity index (χ0n) is 17.1. The molecule has 0 aliphatic heterocycles. The number of thiocarbonyl (C=S) groups is 1. The van der Waals surface area contributed by atoms with Gasteiger partial charge in [0, 0.05) is 17.5 Å². The average Bonchev–Trinajstić information content (AvgIpc) is 2.74. The average molecular weight is 430 g/mol. The van der Waals surface area contributed by atoms with E-state index in [2.05, 4.69) is 16.0 Å². The van der Waals surface area contributed by atoms with E-state index in [4.69, 9.17) is 12.2 Å². The molecule has 0 fully saturated rings. The SMILES string of the molecule is Cc1ccc(/C=C/C(=O)NC(=S)Nc2cccc(NC(=O)Cc3ccccc3)c2)cc1. The van der Waals surface area contributed by atoms with Gasteiger partial charge in [0.25, 0.3) is 0 Å². The van der Waals surface area contributed by atoms with Crippen molar-refractivity contribution in [3.8, 4) is 0 Å². The van der Waals surface area contributed by atoms with Crippen molar-refractivity contribution in [2.75, 3.05) is 10.6 Å². The first-order valence-corrected chi connectivity index (χ1v) is 10.2. The summed E-state index contributed by atoms with van der Waals surface area (Å²) in [6.45, 7) is 2.01. The number of benzene rings is 3. The maximum atomic E-state index is 12.2. The molecule has 5 nitrogen and oxygen atoms in total. The molecule has 0 unspecified atom stereocenters. The fourth-order valence-corrected chi connectivity index (χ4v) is 3.04. The first-order chi connectivity index (χ1) is 15.0. The van der Waals surface area contributed by atoms with Crippen LogP contribution in [0.4, 0.5) is 11.4 Å². The van der Waals surface area contributed by atoms with E-state index in [1.165, 1.54) is 6.08 Å². The van der Waals surface area contributed by atoms with Crippen LogP contribution in [0.1, 0.15) is 16.7 Å². The Bertz CT molecular complexity index is 1090. The van der Waals surface area contributed by atoms with Crippen molar-refractivity contribution in [2.45, 2.75) is 13.3 Å². The van der Waals surface area contributed by atoms with E-state index in [1.54, 1.807) is 30.3 Å². The number of carbonyl (C=O) groups excluding carboxylic acids is 2. The summed E-state index contributed by atoms with van der Waals surface area (Å²) in [6, 6.07) is 24.5. The molecule has 2 amide bonds. The monoisotopic (exact) mass is 429 g/mol. The third kappa shape index (κ3) is 7.53. The number of hydrogen-bond acceptors (Lipinski definition) is 3. The summed E-state index contributed by atoms with van der Waals surface area (Å²) in [5.74, 6) is -0.439. The number of rotatable bonds is 6. The van der Waals surface area contributed by atoms with Gasteiger partial charge in [0.15, 0.2) is 5.11 Å². The zero-order valence-corrected chi connectivity index (χ0v) is 17.9. The molecule has 3 rings (SSSR count). The summed E-state index contributed by atoms with van der Waals surface area (Å²) in [6.07, 6.45) is 3.44. The number of aryl methyl sites for hydroxylation is 1. The standard InChI is InChI=1S/C25H23N3O2S/c1-18-10-12-19(13-11-18)14-15-23(29)28-25(31)27-22-9-5-8-21(17-22)26-24(30)16-20-6-3-2-4-7-20/h2-15,17H,16H2,1H3,(H,26,30)(H2,27,28,29,31)/b15-14+. The largest absolute Gasteiger partial charge is 0.332 e. The van der Waals surface area contributed by atoms with E-state index in [0.29, 0.717) is 17.8 Å². The van der Waals surface area contributed by atoms with Crippen molar-refractivity contribution >= 4 is 46.6 Å². The van der Waals surface area contributed by atoms with Crippen LogP contribution in [0.5, 0.6) is 0 Å². The predicted molar refractivity (Wildman–Crippen MR) is 130 cm³/mol. The molecule has 0 saturated carbocycles. The molecule has 0 aliphatic carbocycles. The number of amides is 2. The molecule has 6 heteroatoms. The molecule has 3 aromatic rings. The second kappa shape index (κ2) is 10.8. The third-order valence-corrected chi connectivity index (χ3v) is 4.56. The molecule has 3 aromatic carbocycles. The molecular formula is C25H23N3O2S. The maximum Gasteiger partial charge on any atom is 0.250 e. The van der Waals surface area contributed by atoms with Gasteiger partial charge < -0.3 is 10.6 Å². The number of anilines is 2. The van der Waals surface area contributed by atoms with E-state index in [0.717, 1.165) is 16.7 Å². The lowest BCUT2D eigenvalue weighted by Gasteiger charge is -2.10. The molecule has 0 aliphatic rings. The van der Waals surface area contributed by atoms with Crippen LogP contribution in [0.3, 0.4) is 0 Å². The van der Waals surface area contributed by atoms with Gasteiger partial charge in [-0.05, 0) is 54.5 Å². The van der Waals surface area contributed by atoms with Gasteiger partial charge >= 0.3 is 0 Å². The molecule has 156 valence electrons. The van der Waals surface area contributed by atoms with Gasteiger partial charge in [-0.15, -0.1) is 0 Å². The number of carbonyl (C=O) groups is 2. The molecular weight excluding hydrogens is 406 g/mol. The highest BCUT2D eigenvalue weighted by molar-refractivity contribution is 7.80. The number of nitrogens with one attached hydrogen (secondary N) is 3. The normalized spacial score (nSPS) is 10.5. The lowest BCUT2D eigenvalue weighted by molar-refractivity contribution is -0.116.